The maximum atomic E-state index is 12.3. The first-order valence-electron chi connectivity index (χ1n) is 2.96. The molecule has 1 aromatic heterocycles. The molecule has 0 aliphatic rings. The van der Waals surface area contributed by atoms with Gasteiger partial charge in [0.2, 0.25) is 5.95 Å². The van der Waals surface area contributed by atoms with Gasteiger partial charge in [-0.1, -0.05) is 6.07 Å². The van der Waals surface area contributed by atoms with E-state index in [1.165, 1.54) is 13.0 Å². The molecule has 0 bridgehead atoms. The standard InChI is InChI=1S/C7H6FNO2/c1-4-2-3-5(8)9-6(4)7(10)11/h2-3H,1H3,(H,10,11)/p-1. The summed E-state index contributed by atoms with van der Waals surface area (Å²) in [7, 11) is 0. The zero-order chi connectivity index (χ0) is 8.43. The van der Waals surface area contributed by atoms with Crippen LogP contribution in [0.5, 0.6) is 0 Å². The number of hydrogen-bond donors (Lipinski definition) is 0. The number of carbonyl (C=O) groups is 1. The van der Waals surface area contributed by atoms with E-state index in [0.717, 1.165) is 6.07 Å². The van der Waals surface area contributed by atoms with Crippen LogP contribution in [0.25, 0.3) is 0 Å². The summed E-state index contributed by atoms with van der Waals surface area (Å²) in [5.74, 6) is -2.27. The third kappa shape index (κ3) is 1.52. The zero-order valence-corrected chi connectivity index (χ0v) is 5.80. The number of hydrogen-bond acceptors (Lipinski definition) is 3. The van der Waals surface area contributed by atoms with Gasteiger partial charge in [0.05, 0.1) is 11.7 Å². The molecule has 1 aromatic rings. The predicted molar refractivity (Wildman–Crippen MR) is 33.3 cm³/mol. The Kier molecular flexibility index (Phi) is 1.85. The van der Waals surface area contributed by atoms with E-state index in [1.54, 1.807) is 0 Å². The molecule has 0 atom stereocenters. The average Bonchev–Trinajstić information content (AvgIpc) is 1.94. The molecule has 3 nitrogen and oxygen atoms in total. The number of carboxylic acid groups (broad SMARTS) is 1. The fourth-order valence-corrected chi connectivity index (χ4v) is 0.712. The summed E-state index contributed by atoms with van der Waals surface area (Å²) >= 11 is 0. The van der Waals surface area contributed by atoms with Crippen LogP contribution in [0.15, 0.2) is 12.1 Å². The van der Waals surface area contributed by atoms with Crippen LogP contribution in [-0.4, -0.2) is 11.0 Å². The van der Waals surface area contributed by atoms with Crippen molar-refractivity contribution in [2.75, 3.05) is 0 Å². The molecule has 1 rings (SSSR count). The van der Waals surface area contributed by atoms with Gasteiger partial charge in [-0.15, -0.1) is 0 Å². The summed E-state index contributed by atoms with van der Waals surface area (Å²) in [5.41, 5.74) is 0.0522. The van der Waals surface area contributed by atoms with Crippen molar-refractivity contribution in [3.8, 4) is 0 Å². The van der Waals surface area contributed by atoms with E-state index < -0.39 is 11.9 Å². The first-order chi connectivity index (χ1) is 5.11. The van der Waals surface area contributed by atoms with Crippen molar-refractivity contribution in [2.45, 2.75) is 6.92 Å². The Balaban J connectivity index is 3.23. The molecule has 0 aliphatic heterocycles. The highest BCUT2D eigenvalue weighted by Crippen LogP contribution is 2.03. The second-order valence-electron chi connectivity index (χ2n) is 2.09. The molecule has 0 aliphatic carbocycles. The van der Waals surface area contributed by atoms with Crippen molar-refractivity contribution in [3.05, 3.63) is 29.3 Å². The lowest BCUT2D eigenvalue weighted by atomic mass is 10.2. The van der Waals surface area contributed by atoms with Gasteiger partial charge >= 0.3 is 0 Å². The summed E-state index contributed by atoms with van der Waals surface area (Å²) in [6, 6.07) is 2.44. The topological polar surface area (TPSA) is 53.0 Å². The minimum absolute atomic E-state index is 0.343. The van der Waals surface area contributed by atoms with Gasteiger partial charge in [-0.05, 0) is 18.6 Å². The quantitative estimate of drug-likeness (QED) is 0.530. The number of aromatic nitrogens is 1. The van der Waals surface area contributed by atoms with Crippen LogP contribution in [0.4, 0.5) is 4.39 Å². The van der Waals surface area contributed by atoms with Gasteiger partial charge in [-0.2, -0.15) is 4.39 Å². The minimum atomic E-state index is -1.46. The molecule has 0 fully saturated rings. The van der Waals surface area contributed by atoms with Crippen LogP contribution in [0.2, 0.25) is 0 Å². The highest BCUT2D eigenvalue weighted by atomic mass is 19.1. The number of halogens is 1. The molecule has 0 radical (unpaired) electrons. The van der Waals surface area contributed by atoms with Gasteiger partial charge in [-0.25, -0.2) is 4.98 Å². The normalized spacial score (nSPS) is 9.64. The first-order valence-corrected chi connectivity index (χ1v) is 2.96. The fourth-order valence-electron chi connectivity index (χ4n) is 0.712. The summed E-state index contributed by atoms with van der Waals surface area (Å²) in [4.78, 5) is 13.4. The molecular formula is C7H5FNO2-. The van der Waals surface area contributed by atoms with E-state index >= 15 is 0 Å². The number of nitrogens with zero attached hydrogens (tertiary/aromatic N) is 1. The lowest BCUT2D eigenvalue weighted by Crippen LogP contribution is -2.24. The van der Waals surface area contributed by atoms with Crippen molar-refractivity contribution in [1.29, 1.82) is 0 Å². The van der Waals surface area contributed by atoms with Gasteiger partial charge in [0.15, 0.2) is 0 Å². The van der Waals surface area contributed by atoms with Crippen LogP contribution in [0.3, 0.4) is 0 Å². The Labute approximate surface area is 62.5 Å². The lowest BCUT2D eigenvalue weighted by molar-refractivity contribution is -0.255. The Morgan fingerprint density at radius 1 is 1.64 bits per heavy atom. The van der Waals surface area contributed by atoms with Gasteiger partial charge < -0.3 is 9.90 Å². The van der Waals surface area contributed by atoms with Gasteiger partial charge in [0.1, 0.15) is 0 Å². The maximum Gasteiger partial charge on any atom is 0.213 e. The summed E-state index contributed by atoms with van der Waals surface area (Å²) in [6.07, 6.45) is 0. The van der Waals surface area contributed by atoms with E-state index in [-0.39, 0.29) is 5.69 Å². The van der Waals surface area contributed by atoms with Crippen molar-refractivity contribution >= 4 is 5.97 Å². The van der Waals surface area contributed by atoms with E-state index in [1.807, 2.05) is 0 Å². The Morgan fingerprint density at radius 3 is 2.73 bits per heavy atom. The molecule has 4 heteroatoms. The van der Waals surface area contributed by atoms with Crippen molar-refractivity contribution in [2.24, 2.45) is 0 Å². The van der Waals surface area contributed by atoms with Crippen LogP contribution >= 0.6 is 0 Å². The Morgan fingerprint density at radius 2 is 2.27 bits per heavy atom. The van der Waals surface area contributed by atoms with Gasteiger partial charge in [-0.3, -0.25) is 0 Å². The van der Waals surface area contributed by atoms with Crippen LogP contribution in [0.1, 0.15) is 16.1 Å². The predicted octanol–water partition coefficient (Wildman–Crippen LogP) is -0.107. The van der Waals surface area contributed by atoms with Gasteiger partial charge in [0, 0.05) is 0 Å². The summed E-state index contributed by atoms with van der Waals surface area (Å²) in [6.45, 7) is 1.53. The molecule has 0 N–H and O–H groups in total. The monoisotopic (exact) mass is 154 g/mol. The second-order valence-corrected chi connectivity index (χ2v) is 2.09. The van der Waals surface area contributed by atoms with E-state index in [9.17, 15) is 14.3 Å². The van der Waals surface area contributed by atoms with Crippen LogP contribution in [-0.2, 0) is 0 Å². The van der Waals surface area contributed by atoms with E-state index in [2.05, 4.69) is 4.98 Å². The molecule has 1 heterocycles. The molecule has 11 heavy (non-hydrogen) atoms. The molecular weight excluding hydrogens is 149 g/mol. The van der Waals surface area contributed by atoms with Crippen LogP contribution in [0, 0.1) is 12.9 Å². The SMILES string of the molecule is Cc1ccc(F)nc1C(=O)[O-]. The first kappa shape index (κ1) is 7.65. The molecule has 0 saturated carbocycles. The second kappa shape index (κ2) is 2.65. The number of carboxylic acids is 1. The van der Waals surface area contributed by atoms with Gasteiger partial charge in [0.25, 0.3) is 0 Å². The van der Waals surface area contributed by atoms with E-state index in [0.29, 0.717) is 5.56 Å². The Hall–Kier alpha value is -1.45. The highest BCUT2D eigenvalue weighted by molar-refractivity contribution is 5.84. The summed E-state index contributed by atoms with van der Waals surface area (Å²) in [5, 5.41) is 10.2. The number of aryl methyl sites for hydroxylation is 1. The van der Waals surface area contributed by atoms with E-state index in [4.69, 9.17) is 0 Å². The molecule has 0 spiro atoms. The molecule has 0 saturated heterocycles. The van der Waals surface area contributed by atoms with Crippen LogP contribution < -0.4 is 5.11 Å². The lowest BCUT2D eigenvalue weighted by Gasteiger charge is -2.03. The Bertz CT molecular complexity index is 298. The molecule has 0 aromatic carbocycles. The smallest absolute Gasteiger partial charge is 0.213 e. The number of aromatic carboxylic acids is 1. The largest absolute Gasteiger partial charge is 0.543 e. The fraction of sp³-hybridized carbons (Fsp3) is 0.143. The summed E-state index contributed by atoms with van der Waals surface area (Å²) < 4.78 is 12.3. The third-order valence-corrected chi connectivity index (χ3v) is 1.26. The number of pyridine rings is 1. The van der Waals surface area contributed by atoms with Crippen molar-refractivity contribution in [1.82, 2.24) is 4.98 Å². The number of rotatable bonds is 1. The highest BCUT2D eigenvalue weighted by Gasteiger charge is 2.01. The third-order valence-electron chi connectivity index (χ3n) is 1.26. The maximum absolute atomic E-state index is 12.3. The zero-order valence-electron chi connectivity index (χ0n) is 5.80. The van der Waals surface area contributed by atoms with Crippen molar-refractivity contribution in [3.63, 3.8) is 0 Å². The number of carbonyl (C=O) groups excluding carboxylic acids is 1. The van der Waals surface area contributed by atoms with Crippen molar-refractivity contribution < 1.29 is 14.3 Å². The molecule has 58 valence electrons. The molecule has 0 amide bonds. The molecule has 0 unspecified atom stereocenters. The minimum Gasteiger partial charge on any atom is -0.543 e. The average molecular weight is 154 g/mol.